The highest BCUT2D eigenvalue weighted by molar-refractivity contribution is 5.64. The van der Waals surface area contributed by atoms with Crippen LogP contribution in [0.2, 0.25) is 0 Å². The van der Waals surface area contributed by atoms with Gasteiger partial charge in [0.2, 0.25) is 5.54 Å². The van der Waals surface area contributed by atoms with E-state index in [0.717, 1.165) is 12.1 Å². The molecule has 0 radical (unpaired) electrons. The van der Waals surface area contributed by atoms with E-state index in [2.05, 4.69) is 5.32 Å². The van der Waals surface area contributed by atoms with Gasteiger partial charge >= 0.3 is 6.18 Å². The van der Waals surface area contributed by atoms with E-state index in [1.165, 1.54) is 12.1 Å². The van der Waals surface area contributed by atoms with Gasteiger partial charge in [-0.1, -0.05) is 0 Å². The standard InChI is InChI=1S/C10H6F3N3O2/c11-10(12,13)9(5-14)4-6-3-7(16(17)18)1-2-8(6)15-9/h1-3,15H,4H2. The van der Waals surface area contributed by atoms with Crippen molar-refractivity contribution in [2.24, 2.45) is 0 Å². The number of benzene rings is 1. The highest BCUT2D eigenvalue weighted by Gasteiger charge is 2.58. The molecular weight excluding hydrogens is 251 g/mol. The molecule has 8 heteroatoms. The topological polar surface area (TPSA) is 79.0 Å². The average Bonchev–Trinajstić information content (AvgIpc) is 2.66. The van der Waals surface area contributed by atoms with Crippen molar-refractivity contribution in [3.8, 4) is 6.07 Å². The van der Waals surface area contributed by atoms with Crippen molar-refractivity contribution < 1.29 is 18.1 Å². The van der Waals surface area contributed by atoms with Gasteiger partial charge in [0.15, 0.2) is 0 Å². The molecule has 0 aliphatic carbocycles. The maximum atomic E-state index is 12.8. The minimum absolute atomic E-state index is 0.0967. The molecule has 1 heterocycles. The molecule has 1 N–H and O–H groups in total. The number of nitro benzene ring substituents is 1. The van der Waals surface area contributed by atoms with Gasteiger partial charge in [0.25, 0.3) is 5.69 Å². The summed E-state index contributed by atoms with van der Waals surface area (Å²) in [7, 11) is 0. The molecule has 0 aromatic heterocycles. The van der Waals surface area contributed by atoms with E-state index in [9.17, 15) is 23.3 Å². The maximum absolute atomic E-state index is 12.8. The quantitative estimate of drug-likeness (QED) is 0.618. The summed E-state index contributed by atoms with van der Waals surface area (Å²) in [6.07, 6.45) is -5.39. The fourth-order valence-electron chi connectivity index (χ4n) is 1.82. The third kappa shape index (κ3) is 1.64. The molecular formula is C10H6F3N3O2. The first-order chi connectivity index (χ1) is 8.29. The molecule has 1 aliphatic rings. The number of non-ortho nitro benzene ring substituents is 1. The Kier molecular flexibility index (Phi) is 2.43. The lowest BCUT2D eigenvalue weighted by molar-refractivity contribution is -0.384. The fraction of sp³-hybridized carbons (Fsp3) is 0.300. The van der Waals surface area contributed by atoms with Crippen molar-refractivity contribution in [3.05, 3.63) is 33.9 Å². The zero-order valence-electron chi connectivity index (χ0n) is 8.78. The van der Waals surface area contributed by atoms with Crippen LogP contribution < -0.4 is 5.32 Å². The minimum Gasteiger partial charge on any atom is -0.359 e. The van der Waals surface area contributed by atoms with Crippen LogP contribution in [-0.2, 0) is 6.42 Å². The van der Waals surface area contributed by atoms with Crippen molar-refractivity contribution in [3.63, 3.8) is 0 Å². The number of fused-ring (bicyclic) bond motifs is 1. The number of nitrogens with one attached hydrogen (secondary N) is 1. The first-order valence-electron chi connectivity index (χ1n) is 4.82. The number of halogens is 3. The lowest BCUT2D eigenvalue weighted by atomic mass is 9.96. The van der Waals surface area contributed by atoms with Crippen LogP contribution in [-0.4, -0.2) is 16.6 Å². The lowest BCUT2D eigenvalue weighted by Gasteiger charge is -2.24. The van der Waals surface area contributed by atoms with Crippen molar-refractivity contribution >= 4 is 11.4 Å². The molecule has 0 saturated carbocycles. The Morgan fingerprint density at radius 3 is 2.67 bits per heavy atom. The molecule has 0 fully saturated rings. The third-order valence-corrected chi connectivity index (χ3v) is 2.78. The Hall–Kier alpha value is -2.30. The molecule has 1 aliphatic heterocycles. The van der Waals surface area contributed by atoms with E-state index in [1.807, 2.05) is 0 Å². The van der Waals surface area contributed by atoms with Gasteiger partial charge in [0.1, 0.15) is 6.07 Å². The molecule has 18 heavy (non-hydrogen) atoms. The Balaban J connectivity index is 2.44. The normalized spacial score (nSPS) is 21.9. The molecule has 5 nitrogen and oxygen atoms in total. The number of anilines is 1. The third-order valence-electron chi connectivity index (χ3n) is 2.78. The zero-order chi connectivity index (χ0) is 13.6. The van der Waals surface area contributed by atoms with Gasteiger partial charge in [-0.15, -0.1) is 0 Å². The maximum Gasteiger partial charge on any atom is 0.425 e. The van der Waals surface area contributed by atoms with Crippen LogP contribution >= 0.6 is 0 Å². The van der Waals surface area contributed by atoms with E-state index in [-0.39, 0.29) is 16.9 Å². The first kappa shape index (κ1) is 12.2. The number of hydrogen-bond acceptors (Lipinski definition) is 4. The predicted octanol–water partition coefficient (Wildman–Crippen LogP) is 2.39. The lowest BCUT2D eigenvalue weighted by Crippen LogP contribution is -2.49. The van der Waals surface area contributed by atoms with Crippen LogP contribution in [0.3, 0.4) is 0 Å². The molecule has 0 amide bonds. The van der Waals surface area contributed by atoms with E-state index in [1.54, 1.807) is 0 Å². The predicted molar refractivity (Wildman–Crippen MR) is 54.8 cm³/mol. The number of nitro groups is 1. The molecule has 1 aromatic rings. The van der Waals surface area contributed by atoms with Gasteiger partial charge in [0.05, 0.1) is 4.92 Å². The summed E-state index contributed by atoms with van der Waals surface area (Å²) in [5.41, 5.74) is -2.79. The number of hydrogen-bond donors (Lipinski definition) is 1. The summed E-state index contributed by atoms with van der Waals surface area (Å²) >= 11 is 0. The van der Waals surface area contributed by atoms with Gasteiger partial charge < -0.3 is 5.32 Å². The second-order valence-electron chi connectivity index (χ2n) is 3.92. The van der Waals surface area contributed by atoms with Gasteiger partial charge in [0, 0.05) is 24.2 Å². The second kappa shape index (κ2) is 3.60. The molecule has 1 aromatic carbocycles. The number of rotatable bonds is 1. The summed E-state index contributed by atoms with van der Waals surface area (Å²) in [6, 6.07) is 4.53. The summed E-state index contributed by atoms with van der Waals surface area (Å²) < 4.78 is 38.5. The zero-order valence-corrected chi connectivity index (χ0v) is 8.78. The molecule has 0 spiro atoms. The monoisotopic (exact) mass is 257 g/mol. The Bertz CT molecular complexity index is 564. The van der Waals surface area contributed by atoms with Gasteiger partial charge in [-0.2, -0.15) is 18.4 Å². The van der Waals surface area contributed by atoms with Crippen molar-refractivity contribution in [1.29, 1.82) is 5.26 Å². The average molecular weight is 257 g/mol. The Morgan fingerprint density at radius 2 is 2.17 bits per heavy atom. The summed E-state index contributed by atoms with van der Waals surface area (Å²) in [4.78, 5) is 9.83. The molecule has 1 unspecified atom stereocenters. The van der Waals surface area contributed by atoms with Crippen LogP contribution in [0.25, 0.3) is 0 Å². The van der Waals surface area contributed by atoms with Crippen LogP contribution in [0.15, 0.2) is 18.2 Å². The smallest absolute Gasteiger partial charge is 0.359 e. The van der Waals surface area contributed by atoms with E-state index in [4.69, 9.17) is 5.26 Å². The van der Waals surface area contributed by atoms with Gasteiger partial charge in [-0.05, 0) is 11.6 Å². The molecule has 0 saturated heterocycles. The largest absolute Gasteiger partial charge is 0.425 e. The van der Waals surface area contributed by atoms with Crippen LogP contribution in [0.4, 0.5) is 24.5 Å². The number of nitriles is 1. The van der Waals surface area contributed by atoms with Crippen LogP contribution in [0.1, 0.15) is 5.56 Å². The van der Waals surface area contributed by atoms with E-state index >= 15 is 0 Å². The molecule has 94 valence electrons. The molecule has 0 bridgehead atoms. The SMILES string of the molecule is N#CC1(C(F)(F)F)Cc2cc([N+](=O)[O-])ccc2N1. The van der Waals surface area contributed by atoms with Crippen LogP contribution in [0, 0.1) is 21.4 Å². The summed E-state index contributed by atoms with van der Waals surface area (Å²) in [5.74, 6) is 0. The molecule has 1 atom stereocenters. The Morgan fingerprint density at radius 1 is 1.50 bits per heavy atom. The first-order valence-corrected chi connectivity index (χ1v) is 4.82. The highest BCUT2D eigenvalue weighted by atomic mass is 19.4. The van der Waals surface area contributed by atoms with Crippen molar-refractivity contribution in [1.82, 2.24) is 0 Å². The number of alkyl halides is 3. The minimum atomic E-state index is -4.75. The second-order valence-corrected chi connectivity index (χ2v) is 3.92. The fourth-order valence-corrected chi connectivity index (χ4v) is 1.82. The summed E-state index contributed by atoms with van der Waals surface area (Å²) in [5, 5.41) is 21.4. The summed E-state index contributed by atoms with van der Waals surface area (Å²) in [6.45, 7) is 0. The Labute approximate surface area is 99.0 Å². The van der Waals surface area contributed by atoms with Crippen LogP contribution in [0.5, 0.6) is 0 Å². The van der Waals surface area contributed by atoms with Crippen molar-refractivity contribution in [2.45, 2.75) is 18.1 Å². The van der Waals surface area contributed by atoms with E-state index < -0.39 is 23.1 Å². The van der Waals surface area contributed by atoms with Crippen molar-refractivity contribution in [2.75, 3.05) is 5.32 Å². The van der Waals surface area contributed by atoms with Gasteiger partial charge in [-0.25, -0.2) is 0 Å². The number of nitrogens with zero attached hydrogens (tertiary/aromatic N) is 2. The van der Waals surface area contributed by atoms with E-state index in [0.29, 0.717) is 0 Å². The van der Waals surface area contributed by atoms with Gasteiger partial charge in [-0.3, -0.25) is 10.1 Å². The molecule has 2 rings (SSSR count). The highest BCUT2D eigenvalue weighted by Crippen LogP contribution is 2.43.